The van der Waals surface area contributed by atoms with Gasteiger partial charge in [-0.15, -0.1) is 0 Å². The van der Waals surface area contributed by atoms with Gasteiger partial charge in [0.15, 0.2) is 0 Å². The summed E-state index contributed by atoms with van der Waals surface area (Å²) in [7, 11) is 0. The molecule has 0 unspecified atom stereocenters. The van der Waals surface area contributed by atoms with Crippen molar-refractivity contribution in [2.75, 3.05) is 32.7 Å². The lowest BCUT2D eigenvalue weighted by atomic mass is 9.98. The van der Waals surface area contributed by atoms with Crippen molar-refractivity contribution in [1.82, 2.24) is 25.1 Å². The number of amides is 1. The lowest BCUT2D eigenvalue weighted by molar-refractivity contribution is -0.134. The fourth-order valence-corrected chi connectivity index (χ4v) is 4.48. The maximum atomic E-state index is 12.8. The largest absolute Gasteiger partial charge is 0.337 e. The minimum Gasteiger partial charge on any atom is -0.337 e. The quantitative estimate of drug-likeness (QED) is 0.892. The minimum absolute atomic E-state index is 0.255. The van der Waals surface area contributed by atoms with Crippen LogP contribution in [0.4, 0.5) is 0 Å². The molecule has 0 radical (unpaired) electrons. The Kier molecular flexibility index (Phi) is 5.50. The molecule has 1 N–H and O–H groups in total. The van der Waals surface area contributed by atoms with E-state index in [4.69, 9.17) is 4.98 Å². The van der Waals surface area contributed by atoms with Crippen LogP contribution in [0.5, 0.6) is 0 Å². The van der Waals surface area contributed by atoms with E-state index in [0.29, 0.717) is 25.0 Å². The Hall–Kier alpha value is -1.53. The molecule has 0 spiro atoms. The highest BCUT2D eigenvalue weighted by atomic mass is 16.2. The molecule has 6 nitrogen and oxygen atoms in total. The molecule has 4 heterocycles. The summed E-state index contributed by atoms with van der Waals surface area (Å²) in [5.41, 5.74) is 2.28. The van der Waals surface area contributed by atoms with Gasteiger partial charge < -0.3 is 10.2 Å². The Labute approximate surface area is 156 Å². The van der Waals surface area contributed by atoms with Gasteiger partial charge in [0.25, 0.3) is 0 Å². The number of hydrogen-bond donors (Lipinski definition) is 1. The van der Waals surface area contributed by atoms with E-state index < -0.39 is 0 Å². The molecule has 3 aliphatic heterocycles. The van der Waals surface area contributed by atoms with Crippen molar-refractivity contribution in [3.05, 3.63) is 23.3 Å². The third kappa shape index (κ3) is 3.91. The summed E-state index contributed by atoms with van der Waals surface area (Å²) in [6, 6.07) is 0.528. The van der Waals surface area contributed by atoms with Crippen LogP contribution in [0.1, 0.15) is 62.0 Å². The third-order valence-electron chi connectivity index (χ3n) is 6.25. The molecular weight excluding hydrogens is 326 g/mol. The molecule has 3 aliphatic rings. The number of aromatic nitrogens is 2. The standard InChI is InChI=1S/C20H31N5O/c1-15-5-2-3-9-24(15)14-19(26)25-10-7-18-17(13-25)12-22-20(23-18)16-6-4-8-21-11-16/h12,15-16,21H,2-11,13-14H2,1H3/t15-,16-/m1/s1. The first-order valence-corrected chi connectivity index (χ1v) is 10.3. The molecule has 2 fully saturated rings. The fraction of sp³-hybridized carbons (Fsp3) is 0.750. The number of carbonyl (C=O) groups excluding carboxylic acids is 1. The summed E-state index contributed by atoms with van der Waals surface area (Å²) < 4.78 is 0. The predicted octanol–water partition coefficient (Wildman–Crippen LogP) is 1.70. The van der Waals surface area contributed by atoms with E-state index in [0.717, 1.165) is 49.7 Å². The second kappa shape index (κ2) is 8.01. The SMILES string of the molecule is C[C@@H]1CCCCN1CC(=O)N1CCc2nc([C@@H]3CCCNC3)ncc2C1. The van der Waals surface area contributed by atoms with Crippen LogP contribution in [0.15, 0.2) is 6.20 Å². The van der Waals surface area contributed by atoms with Crippen molar-refractivity contribution < 1.29 is 4.79 Å². The van der Waals surface area contributed by atoms with Crippen molar-refractivity contribution in [3.8, 4) is 0 Å². The third-order valence-corrected chi connectivity index (χ3v) is 6.25. The molecule has 0 bridgehead atoms. The van der Waals surface area contributed by atoms with Gasteiger partial charge in [0.1, 0.15) is 5.82 Å². The van der Waals surface area contributed by atoms with Crippen molar-refractivity contribution in [2.45, 2.75) is 64.0 Å². The van der Waals surface area contributed by atoms with Crippen LogP contribution < -0.4 is 5.32 Å². The van der Waals surface area contributed by atoms with Crippen molar-refractivity contribution in [1.29, 1.82) is 0 Å². The number of nitrogens with zero attached hydrogens (tertiary/aromatic N) is 4. The normalized spacial score (nSPS) is 27.2. The van der Waals surface area contributed by atoms with Gasteiger partial charge >= 0.3 is 0 Å². The van der Waals surface area contributed by atoms with Gasteiger partial charge in [0.05, 0.1) is 12.2 Å². The van der Waals surface area contributed by atoms with Crippen molar-refractivity contribution >= 4 is 5.91 Å². The number of fused-ring (bicyclic) bond motifs is 1. The zero-order valence-corrected chi connectivity index (χ0v) is 15.9. The molecule has 1 amide bonds. The second-order valence-electron chi connectivity index (χ2n) is 8.12. The van der Waals surface area contributed by atoms with E-state index in [9.17, 15) is 4.79 Å². The van der Waals surface area contributed by atoms with Gasteiger partial charge in [0, 0.05) is 49.8 Å². The van der Waals surface area contributed by atoms with Gasteiger partial charge in [-0.1, -0.05) is 6.42 Å². The van der Waals surface area contributed by atoms with E-state index in [1.165, 1.54) is 32.1 Å². The molecule has 142 valence electrons. The smallest absolute Gasteiger partial charge is 0.237 e. The molecule has 1 aromatic heterocycles. The zero-order valence-electron chi connectivity index (χ0n) is 15.9. The van der Waals surface area contributed by atoms with E-state index >= 15 is 0 Å². The van der Waals surface area contributed by atoms with E-state index in [1.54, 1.807) is 0 Å². The predicted molar refractivity (Wildman–Crippen MR) is 101 cm³/mol. The van der Waals surface area contributed by atoms with Crippen LogP contribution in [0.25, 0.3) is 0 Å². The second-order valence-corrected chi connectivity index (χ2v) is 8.12. The first-order valence-electron chi connectivity index (χ1n) is 10.3. The Morgan fingerprint density at radius 1 is 1.27 bits per heavy atom. The molecule has 26 heavy (non-hydrogen) atoms. The molecule has 2 atom stereocenters. The van der Waals surface area contributed by atoms with E-state index in [1.807, 2.05) is 11.1 Å². The molecule has 4 rings (SSSR count). The minimum atomic E-state index is 0.255. The van der Waals surface area contributed by atoms with Gasteiger partial charge in [-0.2, -0.15) is 0 Å². The van der Waals surface area contributed by atoms with E-state index in [2.05, 4.69) is 22.1 Å². The average molecular weight is 358 g/mol. The summed E-state index contributed by atoms with van der Waals surface area (Å²) in [5.74, 6) is 1.68. The number of nitrogens with one attached hydrogen (secondary N) is 1. The zero-order chi connectivity index (χ0) is 17.9. The first-order chi connectivity index (χ1) is 12.7. The van der Waals surface area contributed by atoms with E-state index in [-0.39, 0.29) is 5.91 Å². The maximum Gasteiger partial charge on any atom is 0.237 e. The van der Waals surface area contributed by atoms with Gasteiger partial charge in [0.2, 0.25) is 5.91 Å². The maximum absolute atomic E-state index is 12.8. The highest BCUT2D eigenvalue weighted by Gasteiger charge is 2.27. The molecule has 0 aromatic carbocycles. The Morgan fingerprint density at radius 3 is 3.00 bits per heavy atom. The molecule has 6 heteroatoms. The molecule has 2 saturated heterocycles. The number of carbonyl (C=O) groups is 1. The van der Waals surface area contributed by atoms with Crippen LogP contribution in [-0.2, 0) is 17.8 Å². The van der Waals surface area contributed by atoms with Gasteiger partial charge in [-0.05, 0) is 45.7 Å². The molecule has 0 saturated carbocycles. The highest BCUT2D eigenvalue weighted by Crippen LogP contribution is 2.24. The van der Waals surface area contributed by atoms with Crippen molar-refractivity contribution in [2.24, 2.45) is 0 Å². The molecular formula is C20H31N5O. The average Bonchev–Trinajstić information content (AvgIpc) is 2.69. The molecule has 0 aliphatic carbocycles. The Bertz CT molecular complexity index is 643. The van der Waals surface area contributed by atoms with Gasteiger partial charge in [-0.25, -0.2) is 9.97 Å². The van der Waals surface area contributed by atoms with Crippen LogP contribution >= 0.6 is 0 Å². The summed E-state index contributed by atoms with van der Waals surface area (Å²) >= 11 is 0. The summed E-state index contributed by atoms with van der Waals surface area (Å²) in [5, 5.41) is 3.44. The number of hydrogen-bond acceptors (Lipinski definition) is 5. The molecule has 1 aromatic rings. The van der Waals surface area contributed by atoms with Crippen LogP contribution in [0.2, 0.25) is 0 Å². The van der Waals surface area contributed by atoms with Gasteiger partial charge in [-0.3, -0.25) is 9.69 Å². The Balaban J connectivity index is 1.38. The lowest BCUT2D eigenvalue weighted by Crippen LogP contribution is -2.47. The summed E-state index contributed by atoms with van der Waals surface area (Å²) in [4.78, 5) is 26.6. The lowest BCUT2D eigenvalue weighted by Gasteiger charge is -2.35. The topological polar surface area (TPSA) is 61.4 Å². The Morgan fingerprint density at radius 2 is 2.19 bits per heavy atom. The monoisotopic (exact) mass is 357 g/mol. The van der Waals surface area contributed by atoms with Crippen LogP contribution in [0, 0.1) is 0 Å². The van der Waals surface area contributed by atoms with Crippen LogP contribution in [-0.4, -0.2) is 64.4 Å². The first kappa shape index (κ1) is 17.9. The summed E-state index contributed by atoms with van der Waals surface area (Å²) in [6.07, 6.45) is 8.91. The van der Waals surface area contributed by atoms with Crippen LogP contribution in [0.3, 0.4) is 0 Å². The number of likely N-dealkylation sites (tertiary alicyclic amines) is 1. The highest BCUT2D eigenvalue weighted by molar-refractivity contribution is 5.78. The summed E-state index contributed by atoms with van der Waals surface area (Å²) in [6.45, 7) is 7.40. The van der Waals surface area contributed by atoms with Crippen molar-refractivity contribution in [3.63, 3.8) is 0 Å². The number of piperidine rings is 2. The number of rotatable bonds is 3. The fourth-order valence-electron chi connectivity index (χ4n) is 4.48.